The van der Waals surface area contributed by atoms with Crippen molar-refractivity contribution in [1.82, 2.24) is 15.2 Å². The van der Waals surface area contributed by atoms with Gasteiger partial charge in [0, 0.05) is 31.5 Å². The number of amides is 1. The summed E-state index contributed by atoms with van der Waals surface area (Å²) in [5, 5.41) is 6.53. The zero-order valence-corrected chi connectivity index (χ0v) is 14.7. The van der Waals surface area contributed by atoms with E-state index in [1.807, 2.05) is 44.3 Å². The number of nitrogens with one attached hydrogen (secondary N) is 2. The van der Waals surface area contributed by atoms with E-state index in [4.69, 9.17) is 4.74 Å². The molecule has 2 heterocycles. The van der Waals surface area contributed by atoms with Gasteiger partial charge in [0.25, 0.3) is 5.91 Å². The first-order chi connectivity index (χ1) is 12.2. The molecule has 6 heteroatoms. The maximum Gasteiger partial charge on any atom is 0.257 e. The standard InChI is InChI=1S/C19H24N4O2/c1-3-25-16-8-6-14(7-9-16)22-18-17(5-4-11-21-18)19(24)23(2)15-10-12-20-13-15/h4-9,11,15,20H,3,10,12-13H2,1-2H3,(H,21,22)/t15-/m1/s1. The Labute approximate surface area is 148 Å². The number of hydrogen-bond acceptors (Lipinski definition) is 5. The molecule has 0 aliphatic carbocycles. The first-order valence-electron chi connectivity index (χ1n) is 8.62. The Morgan fingerprint density at radius 3 is 2.84 bits per heavy atom. The van der Waals surface area contributed by atoms with Crippen molar-refractivity contribution in [3.8, 4) is 5.75 Å². The molecule has 1 aromatic carbocycles. The van der Waals surface area contributed by atoms with E-state index < -0.39 is 0 Å². The second-order valence-electron chi connectivity index (χ2n) is 6.04. The lowest BCUT2D eigenvalue weighted by molar-refractivity contribution is 0.0744. The largest absolute Gasteiger partial charge is 0.494 e. The SMILES string of the molecule is CCOc1ccc(Nc2ncccc2C(=O)N(C)[C@@H]2CCNC2)cc1. The zero-order valence-electron chi connectivity index (χ0n) is 14.7. The number of aromatic nitrogens is 1. The minimum atomic E-state index is -0.0183. The summed E-state index contributed by atoms with van der Waals surface area (Å²) >= 11 is 0. The number of hydrogen-bond donors (Lipinski definition) is 2. The summed E-state index contributed by atoms with van der Waals surface area (Å²) in [6.45, 7) is 4.37. The molecule has 1 aliphatic heterocycles. The molecular formula is C19H24N4O2. The third-order valence-electron chi connectivity index (χ3n) is 4.37. The Hall–Kier alpha value is -2.60. The summed E-state index contributed by atoms with van der Waals surface area (Å²) in [5.41, 5.74) is 1.44. The van der Waals surface area contributed by atoms with Crippen LogP contribution in [-0.4, -0.2) is 48.6 Å². The molecule has 25 heavy (non-hydrogen) atoms. The Morgan fingerprint density at radius 2 is 2.16 bits per heavy atom. The maximum absolute atomic E-state index is 12.9. The highest BCUT2D eigenvalue weighted by Crippen LogP contribution is 2.23. The molecule has 0 bridgehead atoms. The van der Waals surface area contributed by atoms with Crippen molar-refractivity contribution in [2.24, 2.45) is 0 Å². The van der Waals surface area contributed by atoms with Crippen molar-refractivity contribution in [3.63, 3.8) is 0 Å². The number of carbonyl (C=O) groups excluding carboxylic acids is 1. The van der Waals surface area contributed by atoms with E-state index in [1.54, 1.807) is 17.2 Å². The van der Waals surface area contributed by atoms with E-state index in [-0.39, 0.29) is 11.9 Å². The van der Waals surface area contributed by atoms with Crippen LogP contribution in [0.5, 0.6) is 5.75 Å². The van der Waals surface area contributed by atoms with Crippen LogP contribution in [0.25, 0.3) is 0 Å². The molecule has 1 amide bonds. The lowest BCUT2D eigenvalue weighted by Gasteiger charge is -2.24. The average Bonchev–Trinajstić information content (AvgIpc) is 3.17. The normalized spacial score (nSPS) is 16.5. The van der Waals surface area contributed by atoms with E-state index in [9.17, 15) is 4.79 Å². The number of benzene rings is 1. The third-order valence-corrected chi connectivity index (χ3v) is 4.37. The van der Waals surface area contributed by atoms with Crippen LogP contribution < -0.4 is 15.4 Å². The van der Waals surface area contributed by atoms with Gasteiger partial charge in [0.05, 0.1) is 12.2 Å². The van der Waals surface area contributed by atoms with E-state index in [0.717, 1.165) is 30.9 Å². The van der Waals surface area contributed by atoms with Crippen LogP contribution in [0, 0.1) is 0 Å². The van der Waals surface area contributed by atoms with Gasteiger partial charge in [-0.3, -0.25) is 4.79 Å². The van der Waals surface area contributed by atoms with Crippen LogP contribution in [0.4, 0.5) is 11.5 Å². The Bertz CT molecular complexity index is 712. The maximum atomic E-state index is 12.9. The van der Waals surface area contributed by atoms with Gasteiger partial charge in [0.15, 0.2) is 0 Å². The molecule has 0 spiro atoms. The minimum Gasteiger partial charge on any atom is -0.494 e. The second kappa shape index (κ2) is 7.98. The molecule has 0 radical (unpaired) electrons. The van der Waals surface area contributed by atoms with Gasteiger partial charge in [-0.15, -0.1) is 0 Å². The number of ether oxygens (including phenoxy) is 1. The molecular weight excluding hydrogens is 316 g/mol. The first kappa shape index (κ1) is 17.2. The molecule has 1 aliphatic rings. The van der Waals surface area contributed by atoms with Crippen molar-refractivity contribution in [2.75, 3.05) is 32.1 Å². The molecule has 1 fully saturated rings. The van der Waals surface area contributed by atoms with Crippen LogP contribution >= 0.6 is 0 Å². The Balaban J connectivity index is 1.77. The first-order valence-corrected chi connectivity index (χ1v) is 8.62. The van der Waals surface area contributed by atoms with Gasteiger partial charge in [-0.05, 0) is 56.3 Å². The molecule has 6 nitrogen and oxygen atoms in total. The topological polar surface area (TPSA) is 66.5 Å². The number of carbonyl (C=O) groups is 1. The summed E-state index contributed by atoms with van der Waals surface area (Å²) in [5.74, 6) is 1.36. The van der Waals surface area contributed by atoms with Crippen molar-refractivity contribution in [3.05, 3.63) is 48.2 Å². The lowest BCUT2D eigenvalue weighted by atomic mass is 10.1. The number of likely N-dealkylation sites (N-methyl/N-ethyl adjacent to an activating group) is 1. The summed E-state index contributed by atoms with van der Waals surface area (Å²) in [6.07, 6.45) is 2.66. The smallest absolute Gasteiger partial charge is 0.257 e. The van der Waals surface area contributed by atoms with Gasteiger partial charge >= 0.3 is 0 Å². The van der Waals surface area contributed by atoms with Crippen LogP contribution in [0.2, 0.25) is 0 Å². The van der Waals surface area contributed by atoms with E-state index in [2.05, 4.69) is 15.6 Å². The zero-order chi connectivity index (χ0) is 17.6. The molecule has 0 unspecified atom stereocenters. The summed E-state index contributed by atoms with van der Waals surface area (Å²) in [4.78, 5) is 19.0. The van der Waals surface area contributed by atoms with Gasteiger partial charge in [0.1, 0.15) is 11.6 Å². The fourth-order valence-corrected chi connectivity index (χ4v) is 2.94. The Kier molecular flexibility index (Phi) is 5.50. The molecule has 0 saturated carbocycles. The van der Waals surface area contributed by atoms with Gasteiger partial charge in [-0.1, -0.05) is 0 Å². The monoisotopic (exact) mass is 340 g/mol. The molecule has 3 rings (SSSR count). The predicted molar refractivity (Wildman–Crippen MR) is 98.5 cm³/mol. The molecule has 1 saturated heterocycles. The number of anilines is 2. The Morgan fingerprint density at radius 1 is 1.36 bits per heavy atom. The quantitative estimate of drug-likeness (QED) is 0.846. The molecule has 1 aromatic heterocycles. The summed E-state index contributed by atoms with van der Waals surface area (Å²) < 4.78 is 5.45. The minimum absolute atomic E-state index is 0.0183. The van der Waals surface area contributed by atoms with Crippen molar-refractivity contribution in [2.45, 2.75) is 19.4 Å². The lowest BCUT2D eigenvalue weighted by Crippen LogP contribution is -2.38. The highest BCUT2D eigenvalue weighted by molar-refractivity contribution is 5.99. The molecule has 2 N–H and O–H groups in total. The van der Waals surface area contributed by atoms with Crippen LogP contribution in [0.15, 0.2) is 42.6 Å². The number of rotatable bonds is 6. The van der Waals surface area contributed by atoms with Crippen molar-refractivity contribution in [1.29, 1.82) is 0 Å². The van der Waals surface area contributed by atoms with Crippen molar-refractivity contribution >= 4 is 17.4 Å². The van der Waals surface area contributed by atoms with Crippen molar-refractivity contribution < 1.29 is 9.53 Å². The van der Waals surface area contributed by atoms with Gasteiger partial charge in [-0.2, -0.15) is 0 Å². The van der Waals surface area contributed by atoms with Crippen LogP contribution in [0.3, 0.4) is 0 Å². The molecule has 1 atom stereocenters. The van der Waals surface area contributed by atoms with E-state index in [1.165, 1.54) is 0 Å². The van der Waals surface area contributed by atoms with E-state index in [0.29, 0.717) is 18.0 Å². The van der Waals surface area contributed by atoms with Crippen LogP contribution in [-0.2, 0) is 0 Å². The fourth-order valence-electron chi connectivity index (χ4n) is 2.94. The highest BCUT2D eigenvalue weighted by Gasteiger charge is 2.25. The van der Waals surface area contributed by atoms with Gasteiger partial charge in [-0.25, -0.2) is 4.98 Å². The van der Waals surface area contributed by atoms with Gasteiger partial charge < -0.3 is 20.3 Å². The molecule has 132 valence electrons. The second-order valence-corrected chi connectivity index (χ2v) is 6.04. The van der Waals surface area contributed by atoms with Crippen LogP contribution in [0.1, 0.15) is 23.7 Å². The fraction of sp³-hybridized carbons (Fsp3) is 0.368. The third kappa shape index (κ3) is 4.09. The van der Waals surface area contributed by atoms with Gasteiger partial charge in [0.2, 0.25) is 0 Å². The highest BCUT2D eigenvalue weighted by atomic mass is 16.5. The van der Waals surface area contributed by atoms with E-state index >= 15 is 0 Å². The predicted octanol–water partition coefficient (Wildman–Crippen LogP) is 2.66. The summed E-state index contributed by atoms with van der Waals surface area (Å²) in [7, 11) is 1.85. The number of nitrogens with zero attached hydrogens (tertiary/aromatic N) is 2. The summed E-state index contributed by atoms with van der Waals surface area (Å²) in [6, 6.07) is 11.4. The number of pyridine rings is 1. The molecule has 2 aromatic rings. The average molecular weight is 340 g/mol.